The second-order valence-electron chi connectivity index (χ2n) is 6.43. The number of rotatable bonds is 7. The number of nitrogens with two attached hydrogens (primary N) is 1. The van der Waals surface area contributed by atoms with E-state index in [-0.39, 0.29) is 23.0 Å². The van der Waals surface area contributed by atoms with Crippen LogP contribution in [0.3, 0.4) is 0 Å². The first kappa shape index (κ1) is 19.7. The van der Waals surface area contributed by atoms with E-state index in [0.29, 0.717) is 5.69 Å². The van der Waals surface area contributed by atoms with Gasteiger partial charge in [-0.25, -0.2) is 8.42 Å². The van der Waals surface area contributed by atoms with E-state index in [1.165, 1.54) is 16.4 Å². The van der Waals surface area contributed by atoms with Crippen molar-refractivity contribution in [2.45, 2.75) is 32.1 Å². The van der Waals surface area contributed by atoms with Crippen molar-refractivity contribution in [1.29, 1.82) is 0 Å². The zero-order valence-corrected chi connectivity index (χ0v) is 15.9. The van der Waals surface area contributed by atoms with E-state index in [1.54, 1.807) is 12.1 Å². The topological polar surface area (TPSA) is 107 Å². The van der Waals surface area contributed by atoms with Gasteiger partial charge in [-0.05, 0) is 42.2 Å². The summed E-state index contributed by atoms with van der Waals surface area (Å²) in [5, 5.41) is 11.1. The number of sulfonamides is 1. The summed E-state index contributed by atoms with van der Waals surface area (Å²) in [5.41, 5.74) is 6.71. The third-order valence-corrected chi connectivity index (χ3v) is 5.74. The Hall–Kier alpha value is -2.61. The van der Waals surface area contributed by atoms with Crippen molar-refractivity contribution in [3.05, 3.63) is 58.1 Å². The van der Waals surface area contributed by atoms with Gasteiger partial charge in [0, 0.05) is 12.6 Å². The van der Waals surface area contributed by atoms with E-state index in [2.05, 4.69) is 0 Å². The van der Waals surface area contributed by atoms with Crippen LogP contribution < -0.4 is 10.0 Å². The molecule has 0 bridgehead atoms. The van der Waals surface area contributed by atoms with Crippen LogP contribution in [0.15, 0.2) is 47.4 Å². The molecule has 0 atom stereocenters. The molecule has 7 nitrogen and oxygen atoms in total. The fourth-order valence-electron chi connectivity index (χ4n) is 2.54. The van der Waals surface area contributed by atoms with Crippen molar-refractivity contribution >= 4 is 27.1 Å². The van der Waals surface area contributed by atoms with Crippen molar-refractivity contribution in [2.24, 2.45) is 5.92 Å². The molecule has 0 aliphatic rings. The van der Waals surface area contributed by atoms with Crippen molar-refractivity contribution in [3.63, 3.8) is 0 Å². The molecule has 0 unspecified atom stereocenters. The normalized spacial score (nSPS) is 11.5. The molecular weight excluding hydrogens is 354 g/mol. The molecule has 140 valence electrons. The van der Waals surface area contributed by atoms with E-state index >= 15 is 0 Å². The van der Waals surface area contributed by atoms with Gasteiger partial charge in [0.05, 0.1) is 15.5 Å². The molecule has 0 heterocycles. The highest BCUT2D eigenvalue weighted by Crippen LogP contribution is 2.30. The Morgan fingerprint density at radius 1 is 1.15 bits per heavy atom. The molecule has 8 heteroatoms. The second-order valence-corrected chi connectivity index (χ2v) is 8.29. The van der Waals surface area contributed by atoms with Gasteiger partial charge in [-0.3, -0.25) is 14.4 Å². The van der Waals surface area contributed by atoms with Gasteiger partial charge in [0.15, 0.2) is 0 Å². The maximum atomic E-state index is 13.2. The maximum absolute atomic E-state index is 13.2. The molecule has 2 aromatic rings. The van der Waals surface area contributed by atoms with E-state index in [1.807, 2.05) is 32.9 Å². The van der Waals surface area contributed by atoms with Crippen LogP contribution >= 0.6 is 0 Å². The molecule has 0 saturated carbocycles. The van der Waals surface area contributed by atoms with Gasteiger partial charge in [0.1, 0.15) is 5.69 Å². The lowest BCUT2D eigenvalue weighted by Gasteiger charge is -2.26. The molecule has 0 amide bonds. The largest absolute Gasteiger partial charge is 0.393 e. The standard InChI is InChI=1S/C18H23N3O4S/c1-4-14-5-7-15(8-6-14)20(12-13(2)3)26(24,25)16-9-10-17(19)18(11-16)21(22)23/h5-11,13H,4,12,19H2,1-3H3. The minimum absolute atomic E-state index is 0.0689. The summed E-state index contributed by atoms with van der Waals surface area (Å²) in [4.78, 5) is 10.3. The van der Waals surface area contributed by atoms with Gasteiger partial charge in [-0.2, -0.15) is 0 Å². The fraction of sp³-hybridized carbons (Fsp3) is 0.333. The molecule has 0 aliphatic carbocycles. The number of benzene rings is 2. The summed E-state index contributed by atoms with van der Waals surface area (Å²) >= 11 is 0. The minimum Gasteiger partial charge on any atom is -0.393 e. The summed E-state index contributed by atoms with van der Waals surface area (Å²) in [6, 6.07) is 10.8. The summed E-state index contributed by atoms with van der Waals surface area (Å²) in [7, 11) is -3.97. The van der Waals surface area contributed by atoms with Crippen molar-refractivity contribution < 1.29 is 13.3 Å². The molecule has 0 radical (unpaired) electrons. The van der Waals surface area contributed by atoms with Crippen molar-refractivity contribution in [2.75, 3.05) is 16.6 Å². The first-order valence-corrected chi connectivity index (χ1v) is 9.76. The minimum atomic E-state index is -3.97. The van der Waals surface area contributed by atoms with E-state index in [0.717, 1.165) is 18.1 Å². The van der Waals surface area contributed by atoms with Gasteiger partial charge in [0.25, 0.3) is 15.7 Å². The van der Waals surface area contributed by atoms with Crippen LogP contribution in [-0.4, -0.2) is 19.9 Å². The van der Waals surface area contributed by atoms with Gasteiger partial charge in [0.2, 0.25) is 0 Å². The molecule has 0 saturated heterocycles. The monoisotopic (exact) mass is 377 g/mol. The molecular formula is C18H23N3O4S. The van der Waals surface area contributed by atoms with Crippen LogP contribution in [0.2, 0.25) is 0 Å². The molecule has 0 aromatic heterocycles. The number of nitro groups is 1. The lowest BCUT2D eigenvalue weighted by atomic mass is 10.1. The lowest BCUT2D eigenvalue weighted by molar-refractivity contribution is -0.384. The number of nitrogens with zero attached hydrogens (tertiary/aromatic N) is 2. The number of anilines is 2. The van der Waals surface area contributed by atoms with Crippen LogP contribution in [0.5, 0.6) is 0 Å². The number of hydrogen-bond donors (Lipinski definition) is 1. The Morgan fingerprint density at radius 2 is 1.77 bits per heavy atom. The highest BCUT2D eigenvalue weighted by Gasteiger charge is 2.28. The first-order valence-electron chi connectivity index (χ1n) is 8.32. The molecule has 0 fully saturated rings. The maximum Gasteiger partial charge on any atom is 0.293 e. The Balaban J connectivity index is 2.55. The van der Waals surface area contributed by atoms with Gasteiger partial charge < -0.3 is 5.73 Å². The van der Waals surface area contributed by atoms with Crippen LogP contribution in [0.1, 0.15) is 26.3 Å². The summed E-state index contributed by atoms with van der Waals surface area (Å²) in [6.45, 7) is 6.10. The Labute approximate surface area is 153 Å². The molecule has 0 spiro atoms. The van der Waals surface area contributed by atoms with Crippen molar-refractivity contribution in [1.82, 2.24) is 0 Å². The highest BCUT2D eigenvalue weighted by molar-refractivity contribution is 7.92. The third-order valence-electron chi connectivity index (χ3n) is 3.95. The summed E-state index contributed by atoms with van der Waals surface area (Å²) < 4.78 is 27.6. The zero-order chi connectivity index (χ0) is 19.5. The van der Waals surface area contributed by atoms with Crippen LogP contribution in [-0.2, 0) is 16.4 Å². The molecule has 2 rings (SSSR count). The smallest absolute Gasteiger partial charge is 0.293 e. The zero-order valence-electron chi connectivity index (χ0n) is 15.0. The lowest BCUT2D eigenvalue weighted by Crippen LogP contribution is -2.34. The first-order chi connectivity index (χ1) is 12.2. The predicted octanol–water partition coefficient (Wildman–Crippen LogP) is 3.59. The average Bonchev–Trinajstić information content (AvgIpc) is 2.59. The van der Waals surface area contributed by atoms with E-state index in [9.17, 15) is 18.5 Å². The molecule has 0 aliphatic heterocycles. The Morgan fingerprint density at radius 3 is 2.27 bits per heavy atom. The van der Waals surface area contributed by atoms with Gasteiger partial charge in [-0.1, -0.05) is 32.9 Å². The average molecular weight is 377 g/mol. The van der Waals surface area contributed by atoms with Crippen molar-refractivity contribution in [3.8, 4) is 0 Å². The van der Waals surface area contributed by atoms with Crippen LogP contribution in [0.4, 0.5) is 17.1 Å². The number of hydrogen-bond acceptors (Lipinski definition) is 5. The van der Waals surface area contributed by atoms with Crippen LogP contribution in [0.25, 0.3) is 0 Å². The Bertz CT molecular complexity index is 893. The third kappa shape index (κ3) is 4.13. The van der Waals surface area contributed by atoms with E-state index in [4.69, 9.17) is 5.73 Å². The van der Waals surface area contributed by atoms with Crippen LogP contribution in [0, 0.1) is 16.0 Å². The number of aryl methyl sites for hydroxylation is 1. The molecule has 2 N–H and O–H groups in total. The Kier molecular flexibility index (Phi) is 5.86. The molecule has 2 aromatic carbocycles. The summed E-state index contributed by atoms with van der Waals surface area (Å²) in [6.07, 6.45) is 0.849. The number of nitro benzene ring substituents is 1. The van der Waals surface area contributed by atoms with Gasteiger partial charge in [-0.15, -0.1) is 0 Å². The summed E-state index contributed by atoms with van der Waals surface area (Å²) in [5.74, 6) is 0.0689. The SMILES string of the molecule is CCc1ccc(N(CC(C)C)S(=O)(=O)c2ccc(N)c([N+](=O)[O-])c2)cc1. The fourth-order valence-corrected chi connectivity index (χ4v) is 4.19. The van der Waals surface area contributed by atoms with E-state index < -0.39 is 20.6 Å². The predicted molar refractivity (Wildman–Crippen MR) is 103 cm³/mol. The molecule has 26 heavy (non-hydrogen) atoms. The second kappa shape index (κ2) is 7.74. The number of nitrogen functional groups attached to an aromatic ring is 1. The van der Waals surface area contributed by atoms with Gasteiger partial charge >= 0.3 is 0 Å². The quantitative estimate of drug-likeness (QED) is 0.451. The highest BCUT2D eigenvalue weighted by atomic mass is 32.2.